The number of ether oxygens (including phenoxy) is 3. The molecule has 0 N–H and O–H groups in total. The zero-order valence-corrected chi connectivity index (χ0v) is 39.6. The second-order valence-electron chi connectivity index (χ2n) is 19.9. The summed E-state index contributed by atoms with van der Waals surface area (Å²) >= 11 is 0. The normalized spacial score (nSPS) is 16.2. The molecule has 0 aliphatic carbocycles. The number of aromatic nitrogens is 3. The first kappa shape index (κ1) is 48.4. The molecule has 1 saturated heterocycles. The van der Waals surface area contributed by atoms with Gasteiger partial charge >= 0.3 is 24.0 Å². The average molecular weight is 876 g/mol. The van der Waals surface area contributed by atoms with E-state index < -0.39 is 81.4 Å². The Morgan fingerprint density at radius 1 is 0.825 bits per heavy atom. The van der Waals surface area contributed by atoms with Crippen LogP contribution in [0.4, 0.5) is 34.7 Å². The van der Waals surface area contributed by atoms with Crippen molar-refractivity contribution in [1.29, 1.82) is 0 Å². The van der Waals surface area contributed by atoms with Crippen LogP contribution in [0.25, 0.3) is 28.0 Å². The van der Waals surface area contributed by atoms with Crippen LogP contribution in [-0.4, -0.2) is 98.7 Å². The third-order valence-corrected chi connectivity index (χ3v) is 10.0. The number of fused-ring (bicyclic) bond motifs is 1. The van der Waals surface area contributed by atoms with Crippen molar-refractivity contribution in [2.75, 3.05) is 37.0 Å². The topological polar surface area (TPSA) is 140 Å². The standard InChI is InChI=1S/C47H63F2N7O7/c1-26(2)31-21-30(25-52(15)16)20-27(3)38(31)56-40-32(39(51-41(56)57)53-23-29(5)54(24-28(53)4)42(58)61-45(6,7)8)22-34(49)37(50-40)36-33(48)18-17-19-35(36)55(43(59)62-46(9,10)11)44(60)63-47(12,13)14/h17-22,26,28-29H,23-25H2,1-16H3/t28-,29+/m0/s1. The highest BCUT2D eigenvalue weighted by molar-refractivity contribution is 6.12. The maximum absolute atomic E-state index is 17.2. The molecule has 0 spiro atoms. The van der Waals surface area contributed by atoms with E-state index in [1.165, 1.54) is 16.7 Å². The number of piperazine rings is 1. The van der Waals surface area contributed by atoms with E-state index in [0.717, 1.165) is 23.3 Å². The third kappa shape index (κ3) is 10.9. The lowest BCUT2D eigenvalue weighted by atomic mass is 9.94. The lowest BCUT2D eigenvalue weighted by molar-refractivity contribution is 0.0129. The van der Waals surface area contributed by atoms with E-state index in [9.17, 15) is 19.2 Å². The highest BCUT2D eigenvalue weighted by Crippen LogP contribution is 2.39. The molecule has 1 aliphatic rings. The van der Waals surface area contributed by atoms with Crippen LogP contribution in [0.5, 0.6) is 0 Å². The lowest BCUT2D eigenvalue weighted by Crippen LogP contribution is -2.59. The largest absolute Gasteiger partial charge is 0.444 e. The first-order chi connectivity index (χ1) is 29.0. The van der Waals surface area contributed by atoms with Crippen LogP contribution < -0.4 is 15.5 Å². The number of carbonyl (C=O) groups excluding carboxylic acids is 3. The average Bonchev–Trinajstić information content (AvgIpc) is 3.10. The Balaban J connectivity index is 1.86. The van der Waals surface area contributed by atoms with Crippen LogP contribution >= 0.6 is 0 Å². The van der Waals surface area contributed by atoms with Gasteiger partial charge in [-0.05, 0) is 138 Å². The van der Waals surface area contributed by atoms with E-state index in [2.05, 4.69) is 4.98 Å². The Kier molecular flexibility index (Phi) is 13.7. The van der Waals surface area contributed by atoms with Crippen molar-refractivity contribution >= 4 is 40.8 Å². The summed E-state index contributed by atoms with van der Waals surface area (Å²) in [6, 6.07) is 7.84. The molecular formula is C47H63F2N7O7. The molecule has 0 radical (unpaired) electrons. The first-order valence-electron chi connectivity index (χ1n) is 21.2. The number of aryl methyl sites for hydroxylation is 1. The summed E-state index contributed by atoms with van der Waals surface area (Å²) in [7, 11) is 3.91. The number of amides is 3. The second-order valence-corrected chi connectivity index (χ2v) is 19.9. The van der Waals surface area contributed by atoms with Gasteiger partial charge in [0.1, 0.15) is 34.1 Å². The van der Waals surface area contributed by atoms with Gasteiger partial charge in [-0.2, -0.15) is 9.88 Å². The number of imide groups is 1. The molecular weight excluding hydrogens is 813 g/mol. The van der Waals surface area contributed by atoms with E-state index in [1.807, 2.05) is 70.6 Å². The Morgan fingerprint density at radius 2 is 1.41 bits per heavy atom. The van der Waals surface area contributed by atoms with Crippen LogP contribution in [0.2, 0.25) is 0 Å². The fourth-order valence-corrected chi connectivity index (χ4v) is 7.60. The van der Waals surface area contributed by atoms with Crippen molar-refractivity contribution in [3.8, 4) is 16.9 Å². The molecule has 63 heavy (non-hydrogen) atoms. The molecule has 1 fully saturated rings. The Labute approximate surface area is 369 Å². The molecule has 3 amide bonds. The number of pyridine rings is 1. The highest BCUT2D eigenvalue weighted by Gasteiger charge is 2.39. The number of benzene rings is 2. The van der Waals surface area contributed by atoms with Gasteiger partial charge in [0.15, 0.2) is 11.5 Å². The minimum absolute atomic E-state index is 0.0588. The van der Waals surface area contributed by atoms with Gasteiger partial charge in [0.05, 0.1) is 22.3 Å². The van der Waals surface area contributed by atoms with Crippen LogP contribution in [0.1, 0.15) is 113 Å². The molecule has 0 saturated carbocycles. The fourth-order valence-electron chi connectivity index (χ4n) is 7.60. The second kappa shape index (κ2) is 17.9. The van der Waals surface area contributed by atoms with Gasteiger partial charge in [0.25, 0.3) is 0 Å². The number of anilines is 2. The van der Waals surface area contributed by atoms with E-state index in [0.29, 0.717) is 22.7 Å². The minimum Gasteiger partial charge on any atom is -0.444 e. The number of carbonyl (C=O) groups is 3. The van der Waals surface area contributed by atoms with Gasteiger partial charge in [-0.1, -0.05) is 32.0 Å². The van der Waals surface area contributed by atoms with Crippen LogP contribution in [0, 0.1) is 18.6 Å². The van der Waals surface area contributed by atoms with E-state index in [4.69, 9.17) is 19.2 Å². The quantitative estimate of drug-likeness (QED) is 0.164. The number of nitrogens with zero attached hydrogens (tertiary/aromatic N) is 7. The van der Waals surface area contributed by atoms with Gasteiger partial charge < -0.3 is 28.9 Å². The first-order valence-corrected chi connectivity index (χ1v) is 21.2. The van der Waals surface area contributed by atoms with Crippen LogP contribution in [0.3, 0.4) is 0 Å². The Morgan fingerprint density at radius 3 is 1.95 bits per heavy atom. The van der Waals surface area contributed by atoms with Gasteiger partial charge in [0.2, 0.25) is 0 Å². The molecule has 3 heterocycles. The van der Waals surface area contributed by atoms with E-state index in [1.54, 1.807) is 67.2 Å². The smallest absolute Gasteiger partial charge is 0.424 e. The molecule has 4 aromatic rings. The summed E-state index contributed by atoms with van der Waals surface area (Å²) in [6.07, 6.45) is -2.89. The highest BCUT2D eigenvalue weighted by atomic mass is 19.1. The predicted molar refractivity (Wildman–Crippen MR) is 241 cm³/mol. The van der Waals surface area contributed by atoms with Crippen molar-refractivity contribution in [1.82, 2.24) is 24.3 Å². The number of rotatable bonds is 7. The van der Waals surface area contributed by atoms with Crippen molar-refractivity contribution in [3.63, 3.8) is 0 Å². The molecule has 2 aromatic heterocycles. The molecule has 5 rings (SSSR count). The number of hydrogen-bond donors (Lipinski definition) is 0. The van der Waals surface area contributed by atoms with Gasteiger partial charge in [-0.15, -0.1) is 0 Å². The summed E-state index contributed by atoms with van der Waals surface area (Å²) in [6.45, 7) is 25.5. The van der Waals surface area contributed by atoms with Crippen molar-refractivity contribution < 1.29 is 37.4 Å². The van der Waals surface area contributed by atoms with Gasteiger partial charge in [-0.25, -0.2) is 37.5 Å². The molecule has 1 aliphatic heterocycles. The van der Waals surface area contributed by atoms with Crippen molar-refractivity contribution in [2.45, 2.75) is 138 Å². The summed E-state index contributed by atoms with van der Waals surface area (Å²) in [5.41, 5.74) is -2.30. The molecule has 0 bridgehead atoms. The van der Waals surface area contributed by atoms with Gasteiger partial charge in [0, 0.05) is 31.7 Å². The van der Waals surface area contributed by atoms with E-state index >= 15 is 8.78 Å². The molecule has 342 valence electrons. The van der Waals surface area contributed by atoms with Crippen LogP contribution in [0.15, 0.2) is 41.2 Å². The number of halogens is 2. The summed E-state index contributed by atoms with van der Waals surface area (Å²) in [5, 5.41) is 0.126. The molecule has 2 atom stereocenters. The lowest BCUT2D eigenvalue weighted by Gasteiger charge is -2.44. The van der Waals surface area contributed by atoms with Crippen LogP contribution in [-0.2, 0) is 20.8 Å². The SMILES string of the molecule is Cc1cc(CN(C)C)cc(C(C)C)c1-n1c(=O)nc(N2C[C@@H](C)N(C(=O)OC(C)(C)C)C[C@@H]2C)c2cc(F)c(-c3c(F)cccc3N(C(=O)OC(C)(C)C)C(=O)OC(C)(C)C)nc21. The molecule has 16 heteroatoms. The predicted octanol–water partition coefficient (Wildman–Crippen LogP) is 9.73. The molecule has 2 aromatic carbocycles. The zero-order chi connectivity index (χ0) is 47.3. The van der Waals surface area contributed by atoms with Gasteiger partial charge in [-0.3, -0.25) is 0 Å². The molecule has 0 unspecified atom stereocenters. The minimum atomic E-state index is -1.20. The summed E-state index contributed by atoms with van der Waals surface area (Å²) in [5.74, 6) is -2.06. The van der Waals surface area contributed by atoms with Crippen molar-refractivity contribution in [2.24, 2.45) is 0 Å². The Hall–Kier alpha value is -5.64. The zero-order valence-electron chi connectivity index (χ0n) is 39.6. The maximum Gasteiger partial charge on any atom is 0.424 e. The van der Waals surface area contributed by atoms with E-state index in [-0.39, 0.29) is 35.9 Å². The summed E-state index contributed by atoms with van der Waals surface area (Å²) < 4.78 is 52.0. The summed E-state index contributed by atoms with van der Waals surface area (Å²) in [4.78, 5) is 71.3. The number of hydrogen-bond acceptors (Lipinski definition) is 11. The molecule has 14 nitrogen and oxygen atoms in total. The maximum atomic E-state index is 17.2. The fraction of sp³-hybridized carbons (Fsp3) is 0.532. The monoisotopic (exact) mass is 875 g/mol. The third-order valence-electron chi connectivity index (χ3n) is 10.0. The Bertz CT molecular complexity index is 2440. The van der Waals surface area contributed by atoms with Crippen molar-refractivity contribution in [3.05, 3.63) is 75.2 Å².